The number of carbonyl (C=O) groups is 1. The van der Waals surface area contributed by atoms with Gasteiger partial charge in [0.25, 0.3) is 0 Å². The topological polar surface area (TPSA) is 61.9 Å². The minimum atomic E-state index is -0.414. The lowest BCUT2D eigenvalue weighted by atomic mass is 9.88. The van der Waals surface area contributed by atoms with E-state index in [0.29, 0.717) is 6.42 Å². The zero-order chi connectivity index (χ0) is 18.9. The summed E-state index contributed by atoms with van der Waals surface area (Å²) in [5, 5.41) is 0. The summed E-state index contributed by atoms with van der Waals surface area (Å²) in [4.78, 5) is 26.4. The molecule has 3 aromatic rings. The average Bonchev–Trinajstić information content (AvgIpc) is 3.32. The predicted octanol–water partition coefficient (Wildman–Crippen LogP) is 3.99. The molecule has 0 saturated carbocycles. The molecule has 3 heterocycles. The van der Waals surface area contributed by atoms with Crippen molar-refractivity contribution in [1.82, 2.24) is 19.9 Å². The molecule has 140 valence electrons. The highest BCUT2D eigenvalue weighted by Gasteiger charge is 2.20. The van der Waals surface area contributed by atoms with Crippen LogP contribution < -0.4 is 0 Å². The lowest BCUT2D eigenvalue weighted by molar-refractivity contribution is -0.114. The molecule has 5 nitrogen and oxygen atoms in total. The van der Waals surface area contributed by atoms with Crippen molar-refractivity contribution in [1.29, 1.82) is 0 Å². The third-order valence-corrected chi connectivity index (χ3v) is 5.25. The summed E-state index contributed by atoms with van der Waals surface area (Å²) in [6, 6.07) is 8.59. The van der Waals surface area contributed by atoms with Gasteiger partial charge >= 0.3 is 0 Å². The molecular formula is C22H26N4O. The molecule has 1 saturated heterocycles. The number of rotatable bonds is 6. The van der Waals surface area contributed by atoms with Crippen molar-refractivity contribution in [3.8, 4) is 11.3 Å². The molecule has 0 radical (unpaired) electrons. The number of carbonyl (C=O) groups excluding carboxylic acids is 1. The SMILES string of the molecule is CC(C)(C=O)Cc1c[nH]c2ncc(-c3cccc(CN4CCCC4)c3)nc12. The average molecular weight is 362 g/mol. The number of nitrogens with zero attached hydrogens (tertiary/aromatic N) is 3. The highest BCUT2D eigenvalue weighted by Crippen LogP contribution is 2.26. The Bertz CT molecular complexity index is 954. The van der Waals surface area contributed by atoms with E-state index in [4.69, 9.17) is 4.98 Å². The molecule has 1 aliphatic rings. The maximum absolute atomic E-state index is 11.3. The highest BCUT2D eigenvalue weighted by atomic mass is 16.1. The number of hydrogen-bond acceptors (Lipinski definition) is 4. The number of hydrogen-bond donors (Lipinski definition) is 1. The first-order valence-corrected chi connectivity index (χ1v) is 9.65. The van der Waals surface area contributed by atoms with Gasteiger partial charge < -0.3 is 9.78 Å². The van der Waals surface area contributed by atoms with Gasteiger partial charge in [-0.1, -0.05) is 32.0 Å². The monoisotopic (exact) mass is 362 g/mol. The van der Waals surface area contributed by atoms with Crippen molar-refractivity contribution in [3.63, 3.8) is 0 Å². The van der Waals surface area contributed by atoms with E-state index in [1.807, 2.05) is 26.2 Å². The molecule has 0 atom stereocenters. The van der Waals surface area contributed by atoms with Crippen molar-refractivity contribution in [3.05, 3.63) is 47.8 Å². The Morgan fingerprint density at radius 1 is 1.26 bits per heavy atom. The molecule has 4 rings (SSSR count). The molecule has 0 unspecified atom stereocenters. The van der Waals surface area contributed by atoms with Crippen LogP contribution in [0.4, 0.5) is 0 Å². The van der Waals surface area contributed by atoms with Crippen molar-refractivity contribution in [2.75, 3.05) is 13.1 Å². The van der Waals surface area contributed by atoms with Crippen molar-refractivity contribution in [2.24, 2.45) is 5.41 Å². The van der Waals surface area contributed by atoms with E-state index in [2.05, 4.69) is 39.1 Å². The van der Waals surface area contributed by atoms with Crippen LogP contribution in [0.1, 0.15) is 37.8 Å². The Hall–Kier alpha value is -2.53. The minimum Gasteiger partial charge on any atom is -0.345 e. The van der Waals surface area contributed by atoms with Crippen LogP contribution in [0, 0.1) is 5.41 Å². The van der Waals surface area contributed by atoms with Crippen LogP contribution in [0.2, 0.25) is 0 Å². The number of aldehydes is 1. The maximum atomic E-state index is 11.3. The Kier molecular flexibility index (Phi) is 4.79. The molecule has 0 aliphatic carbocycles. The smallest absolute Gasteiger partial charge is 0.156 e. The van der Waals surface area contributed by atoms with Gasteiger partial charge in [-0.3, -0.25) is 4.90 Å². The molecule has 1 aromatic carbocycles. The van der Waals surface area contributed by atoms with Gasteiger partial charge in [0.2, 0.25) is 0 Å². The van der Waals surface area contributed by atoms with Crippen molar-refractivity contribution in [2.45, 2.75) is 39.7 Å². The van der Waals surface area contributed by atoms with E-state index in [0.717, 1.165) is 40.8 Å². The Morgan fingerprint density at radius 2 is 2.07 bits per heavy atom. The summed E-state index contributed by atoms with van der Waals surface area (Å²) in [6.07, 6.45) is 7.99. The van der Waals surface area contributed by atoms with Crippen LogP contribution >= 0.6 is 0 Å². The molecule has 2 aromatic heterocycles. The number of aromatic amines is 1. The van der Waals surface area contributed by atoms with Gasteiger partial charge in [-0.2, -0.15) is 0 Å². The lowest BCUT2D eigenvalue weighted by Gasteiger charge is -2.15. The summed E-state index contributed by atoms with van der Waals surface area (Å²) >= 11 is 0. The van der Waals surface area contributed by atoms with Gasteiger partial charge in [0.15, 0.2) is 5.65 Å². The molecule has 1 N–H and O–H groups in total. The van der Waals surface area contributed by atoms with Gasteiger partial charge in [0.05, 0.1) is 11.9 Å². The number of fused-ring (bicyclic) bond motifs is 1. The van der Waals surface area contributed by atoms with E-state index in [-0.39, 0.29) is 0 Å². The van der Waals surface area contributed by atoms with E-state index < -0.39 is 5.41 Å². The molecule has 27 heavy (non-hydrogen) atoms. The molecular weight excluding hydrogens is 336 g/mol. The van der Waals surface area contributed by atoms with Gasteiger partial charge in [0, 0.05) is 23.7 Å². The molecule has 5 heteroatoms. The third-order valence-electron chi connectivity index (χ3n) is 5.25. The second kappa shape index (κ2) is 7.24. The Labute approximate surface area is 159 Å². The number of H-pyrrole nitrogens is 1. The van der Waals surface area contributed by atoms with Crippen LogP contribution in [0.25, 0.3) is 22.4 Å². The van der Waals surface area contributed by atoms with E-state index >= 15 is 0 Å². The molecule has 0 amide bonds. The largest absolute Gasteiger partial charge is 0.345 e. The number of benzene rings is 1. The number of aromatic nitrogens is 3. The molecule has 0 bridgehead atoms. The fraction of sp³-hybridized carbons (Fsp3) is 0.409. The lowest BCUT2D eigenvalue weighted by Crippen LogP contribution is -2.18. The van der Waals surface area contributed by atoms with Crippen molar-refractivity contribution >= 4 is 17.5 Å². The van der Waals surface area contributed by atoms with E-state index in [1.54, 1.807) is 0 Å². The van der Waals surface area contributed by atoms with Crippen molar-refractivity contribution < 1.29 is 4.79 Å². The van der Waals surface area contributed by atoms with Gasteiger partial charge in [-0.25, -0.2) is 9.97 Å². The highest BCUT2D eigenvalue weighted by molar-refractivity contribution is 5.78. The van der Waals surface area contributed by atoms with Crippen LogP contribution in [0.3, 0.4) is 0 Å². The van der Waals surface area contributed by atoms with E-state index in [9.17, 15) is 4.79 Å². The Balaban J connectivity index is 1.64. The summed E-state index contributed by atoms with van der Waals surface area (Å²) in [7, 11) is 0. The summed E-state index contributed by atoms with van der Waals surface area (Å²) in [5.41, 5.74) is 5.51. The first-order valence-electron chi connectivity index (χ1n) is 9.65. The van der Waals surface area contributed by atoms with Gasteiger partial charge in [0.1, 0.15) is 11.8 Å². The number of nitrogens with one attached hydrogen (secondary N) is 1. The normalized spacial score (nSPS) is 15.5. The first-order chi connectivity index (χ1) is 13.0. The van der Waals surface area contributed by atoms with E-state index in [1.165, 1.54) is 31.5 Å². The van der Waals surface area contributed by atoms with Gasteiger partial charge in [-0.15, -0.1) is 0 Å². The predicted molar refractivity (Wildman–Crippen MR) is 107 cm³/mol. The fourth-order valence-electron chi connectivity index (χ4n) is 3.78. The fourth-order valence-corrected chi connectivity index (χ4v) is 3.78. The molecule has 1 fully saturated rings. The van der Waals surface area contributed by atoms with Crippen LogP contribution in [-0.4, -0.2) is 39.2 Å². The summed E-state index contributed by atoms with van der Waals surface area (Å²) in [5.74, 6) is 0. The second-order valence-corrected chi connectivity index (χ2v) is 8.23. The maximum Gasteiger partial charge on any atom is 0.156 e. The van der Waals surface area contributed by atoms with Gasteiger partial charge in [-0.05, 0) is 49.5 Å². The summed E-state index contributed by atoms with van der Waals surface area (Å²) < 4.78 is 0. The van der Waals surface area contributed by atoms with Crippen LogP contribution in [0.15, 0.2) is 36.7 Å². The minimum absolute atomic E-state index is 0.414. The third kappa shape index (κ3) is 3.93. The van der Waals surface area contributed by atoms with Crippen LogP contribution in [0.5, 0.6) is 0 Å². The second-order valence-electron chi connectivity index (χ2n) is 8.23. The summed E-state index contributed by atoms with van der Waals surface area (Å²) in [6.45, 7) is 7.26. The first kappa shape index (κ1) is 17.9. The van der Waals surface area contributed by atoms with Crippen LogP contribution in [-0.2, 0) is 17.8 Å². The molecule has 1 aliphatic heterocycles. The molecule has 0 spiro atoms. The standard InChI is InChI=1S/C22H26N4O/c1-22(2,15-27)11-18-12-23-21-20(18)25-19(13-24-21)17-7-5-6-16(10-17)14-26-8-3-4-9-26/h5-7,10,12-13,15H,3-4,8-9,11,14H2,1-2H3,(H,23,24). The zero-order valence-electron chi connectivity index (χ0n) is 16.0. The number of likely N-dealkylation sites (tertiary alicyclic amines) is 1. The Morgan fingerprint density at radius 3 is 2.85 bits per heavy atom. The zero-order valence-corrected chi connectivity index (χ0v) is 16.0. The quantitative estimate of drug-likeness (QED) is 0.674.